The molecule has 102 valence electrons. The minimum atomic E-state index is -0.260. The zero-order valence-corrected chi connectivity index (χ0v) is 12.4. The molecule has 0 bridgehead atoms. The molecule has 2 heterocycles. The maximum atomic E-state index is 10.2. The van der Waals surface area contributed by atoms with Crippen molar-refractivity contribution in [3.8, 4) is 0 Å². The first-order valence-electron chi connectivity index (χ1n) is 7.14. The lowest BCUT2D eigenvalue weighted by Crippen LogP contribution is -2.17. The number of hydrogen-bond acceptors (Lipinski definition) is 2. The number of thiophene rings is 1. The van der Waals surface area contributed by atoms with E-state index >= 15 is 0 Å². The Morgan fingerprint density at radius 1 is 1.53 bits per heavy atom. The Morgan fingerprint density at radius 2 is 2.37 bits per heavy atom. The van der Waals surface area contributed by atoms with Crippen molar-refractivity contribution in [2.24, 2.45) is 0 Å². The molecule has 3 heteroatoms. The van der Waals surface area contributed by atoms with Crippen molar-refractivity contribution in [1.29, 1.82) is 0 Å². The fraction of sp³-hybridized carbons (Fsp3) is 0.500. The van der Waals surface area contributed by atoms with Gasteiger partial charge in [-0.3, -0.25) is 0 Å². The first-order chi connectivity index (χ1) is 9.22. The topological polar surface area (TPSA) is 25.2 Å². The van der Waals surface area contributed by atoms with E-state index in [9.17, 15) is 5.11 Å². The smallest absolute Gasteiger partial charge is 0.0807 e. The molecule has 0 radical (unpaired) electrons. The second kappa shape index (κ2) is 5.14. The maximum Gasteiger partial charge on any atom is 0.0807 e. The number of fused-ring (bicyclic) bond motifs is 1. The third-order valence-electron chi connectivity index (χ3n) is 4.19. The number of hydrogen-bond donors (Lipinski definition) is 1. The predicted octanol–water partition coefficient (Wildman–Crippen LogP) is 4.23. The van der Waals surface area contributed by atoms with Crippen molar-refractivity contribution in [2.45, 2.75) is 51.7 Å². The van der Waals surface area contributed by atoms with E-state index in [0.29, 0.717) is 6.04 Å². The molecule has 1 aliphatic rings. The Bertz CT molecular complexity index is 556. The minimum Gasteiger partial charge on any atom is -0.388 e. The molecule has 0 fully saturated rings. The van der Waals surface area contributed by atoms with Gasteiger partial charge in [-0.25, -0.2) is 0 Å². The average Bonchev–Trinajstić information content (AvgIpc) is 3.01. The van der Waals surface area contributed by atoms with Crippen molar-refractivity contribution in [3.63, 3.8) is 0 Å². The summed E-state index contributed by atoms with van der Waals surface area (Å²) in [5.41, 5.74) is 3.81. The summed E-state index contributed by atoms with van der Waals surface area (Å²) in [6.45, 7) is 4.41. The quantitative estimate of drug-likeness (QED) is 0.891. The Balaban J connectivity index is 2.09. The number of rotatable bonds is 3. The van der Waals surface area contributed by atoms with Crippen LogP contribution in [0.3, 0.4) is 0 Å². The van der Waals surface area contributed by atoms with Gasteiger partial charge in [0.2, 0.25) is 0 Å². The molecule has 2 aromatic heterocycles. The van der Waals surface area contributed by atoms with Crippen molar-refractivity contribution in [3.05, 3.63) is 45.4 Å². The summed E-state index contributed by atoms with van der Waals surface area (Å²) in [5.74, 6) is 0. The molecule has 2 aromatic rings. The van der Waals surface area contributed by atoms with Gasteiger partial charge in [-0.1, -0.05) is 13.0 Å². The van der Waals surface area contributed by atoms with E-state index in [-0.39, 0.29) is 6.10 Å². The van der Waals surface area contributed by atoms with Crippen molar-refractivity contribution < 1.29 is 5.11 Å². The van der Waals surface area contributed by atoms with Gasteiger partial charge in [-0.15, -0.1) is 11.3 Å². The van der Waals surface area contributed by atoms with Crippen molar-refractivity contribution in [2.75, 3.05) is 0 Å². The van der Waals surface area contributed by atoms with Crippen LogP contribution in [0.1, 0.15) is 60.2 Å². The number of aliphatic hydroxyl groups is 1. The predicted molar refractivity (Wildman–Crippen MR) is 79.8 cm³/mol. The zero-order chi connectivity index (χ0) is 13.4. The van der Waals surface area contributed by atoms with Gasteiger partial charge in [-0.2, -0.15) is 0 Å². The molecule has 19 heavy (non-hydrogen) atoms. The van der Waals surface area contributed by atoms with E-state index in [1.807, 2.05) is 11.3 Å². The van der Waals surface area contributed by atoms with Crippen LogP contribution in [0.25, 0.3) is 0 Å². The van der Waals surface area contributed by atoms with Crippen LogP contribution in [0.5, 0.6) is 0 Å². The molecule has 1 N–H and O–H groups in total. The molecular formula is C16H21NOS. The van der Waals surface area contributed by atoms with Gasteiger partial charge < -0.3 is 9.67 Å². The van der Waals surface area contributed by atoms with E-state index in [1.165, 1.54) is 21.8 Å². The molecule has 2 nitrogen and oxygen atoms in total. The van der Waals surface area contributed by atoms with Crippen LogP contribution in [-0.2, 0) is 6.42 Å². The molecule has 0 saturated carbocycles. The van der Waals surface area contributed by atoms with Crippen molar-refractivity contribution >= 4 is 11.3 Å². The Kier molecular flexibility index (Phi) is 3.50. The fourth-order valence-electron chi connectivity index (χ4n) is 3.33. The van der Waals surface area contributed by atoms with Crippen LogP contribution in [0.2, 0.25) is 0 Å². The first-order valence-corrected chi connectivity index (χ1v) is 8.02. The lowest BCUT2D eigenvalue weighted by molar-refractivity contribution is 0.155. The summed E-state index contributed by atoms with van der Waals surface area (Å²) in [4.78, 5) is 1.42. The maximum absolute atomic E-state index is 10.2. The van der Waals surface area contributed by atoms with Crippen LogP contribution in [-0.4, -0.2) is 9.67 Å². The number of aliphatic hydroxyl groups excluding tert-OH is 1. The van der Waals surface area contributed by atoms with Gasteiger partial charge in [0.25, 0.3) is 0 Å². The third kappa shape index (κ3) is 2.15. The Labute approximate surface area is 118 Å². The highest BCUT2D eigenvalue weighted by molar-refractivity contribution is 7.10. The van der Waals surface area contributed by atoms with Crippen molar-refractivity contribution in [1.82, 2.24) is 4.57 Å². The summed E-state index contributed by atoms with van der Waals surface area (Å²) in [6.07, 6.45) is 3.94. The third-order valence-corrected chi connectivity index (χ3v) is 5.16. The van der Waals surface area contributed by atoms with Gasteiger partial charge in [0.05, 0.1) is 12.1 Å². The summed E-state index contributed by atoms with van der Waals surface area (Å²) in [5, 5.41) is 12.3. The van der Waals surface area contributed by atoms with Gasteiger partial charge in [0.1, 0.15) is 0 Å². The van der Waals surface area contributed by atoms with Crippen LogP contribution >= 0.6 is 11.3 Å². The number of nitrogens with zero attached hydrogens (tertiary/aromatic N) is 1. The fourth-order valence-corrected chi connectivity index (χ4v) is 4.23. The van der Waals surface area contributed by atoms with E-state index in [4.69, 9.17) is 0 Å². The average molecular weight is 275 g/mol. The van der Waals surface area contributed by atoms with E-state index in [1.54, 1.807) is 0 Å². The lowest BCUT2D eigenvalue weighted by atomic mass is 9.95. The molecule has 0 saturated heterocycles. The summed E-state index contributed by atoms with van der Waals surface area (Å²) < 4.78 is 2.46. The molecule has 0 spiro atoms. The summed E-state index contributed by atoms with van der Waals surface area (Å²) in [6, 6.07) is 6.97. The monoisotopic (exact) mass is 275 g/mol. The molecule has 0 aromatic carbocycles. The number of aryl methyl sites for hydroxylation is 1. The second-order valence-electron chi connectivity index (χ2n) is 5.41. The van der Waals surface area contributed by atoms with Crippen LogP contribution in [0.15, 0.2) is 23.6 Å². The highest BCUT2D eigenvalue weighted by Crippen LogP contribution is 2.37. The van der Waals surface area contributed by atoms with Gasteiger partial charge in [-0.05, 0) is 50.1 Å². The summed E-state index contributed by atoms with van der Waals surface area (Å²) >= 11 is 1.83. The van der Waals surface area contributed by atoms with Crippen LogP contribution < -0.4 is 0 Å². The molecule has 1 aliphatic carbocycles. The van der Waals surface area contributed by atoms with Crippen LogP contribution in [0, 0.1) is 6.92 Å². The summed E-state index contributed by atoms with van der Waals surface area (Å²) in [7, 11) is 0. The van der Waals surface area contributed by atoms with E-state index in [0.717, 1.165) is 25.7 Å². The standard InChI is InChI=1S/C16H21NOS/c1-3-13(16-8-5-9-19-16)17-11(2)10-12-14(17)6-4-7-15(12)18/h5,8-10,13,15,18H,3-4,6-7H2,1-2H3. The minimum absolute atomic E-state index is 0.260. The zero-order valence-electron chi connectivity index (χ0n) is 11.6. The SMILES string of the molecule is CCC(c1cccs1)n1c(C)cc2c1CCCC2O. The normalized spacial score (nSPS) is 20.3. The highest BCUT2D eigenvalue weighted by Gasteiger charge is 2.26. The van der Waals surface area contributed by atoms with Gasteiger partial charge >= 0.3 is 0 Å². The second-order valence-corrected chi connectivity index (χ2v) is 6.38. The molecular weight excluding hydrogens is 254 g/mol. The first kappa shape index (κ1) is 12.9. The Hall–Kier alpha value is -1.06. The largest absolute Gasteiger partial charge is 0.388 e. The highest BCUT2D eigenvalue weighted by atomic mass is 32.1. The van der Waals surface area contributed by atoms with Gasteiger partial charge in [0, 0.05) is 21.8 Å². The van der Waals surface area contributed by atoms with Gasteiger partial charge in [0.15, 0.2) is 0 Å². The molecule has 2 unspecified atom stereocenters. The molecule has 2 atom stereocenters. The number of aromatic nitrogens is 1. The molecule has 0 aliphatic heterocycles. The lowest BCUT2D eigenvalue weighted by Gasteiger charge is -2.25. The molecule has 0 amide bonds. The van der Waals surface area contributed by atoms with E-state index in [2.05, 4.69) is 42.0 Å². The van der Waals surface area contributed by atoms with E-state index < -0.39 is 0 Å². The Morgan fingerprint density at radius 3 is 3.05 bits per heavy atom. The van der Waals surface area contributed by atoms with Crippen LogP contribution in [0.4, 0.5) is 0 Å². The molecule has 3 rings (SSSR count).